The highest BCUT2D eigenvalue weighted by Gasteiger charge is 2.19. The number of hydrogen-bond acceptors (Lipinski definition) is 8. The van der Waals surface area contributed by atoms with Crippen molar-refractivity contribution in [3.63, 3.8) is 0 Å². The monoisotopic (exact) mass is 619 g/mol. The van der Waals surface area contributed by atoms with Gasteiger partial charge >= 0.3 is 0 Å². The summed E-state index contributed by atoms with van der Waals surface area (Å²) in [5, 5.41) is 27.2. The summed E-state index contributed by atoms with van der Waals surface area (Å²) in [6.45, 7) is 5.76. The molecular weight excluding hydrogens is 595 g/mol. The van der Waals surface area contributed by atoms with Crippen LogP contribution in [0.5, 0.6) is 0 Å². The SMILES string of the molecule is Cc1ccc(C(=O)Nc2ccc3nc(Sc4ccc(/C=C(\C#N)C(=O)Nc5cc(C)cc(C)c5)cc4[N+](=O)[O-])sc3c2)cc1. The topological polar surface area (TPSA) is 138 Å². The number of amides is 2. The lowest BCUT2D eigenvalue weighted by molar-refractivity contribution is -0.387. The summed E-state index contributed by atoms with van der Waals surface area (Å²) >= 11 is 2.49. The minimum atomic E-state index is -0.609. The normalized spacial score (nSPS) is 11.2. The third-order valence-electron chi connectivity index (χ3n) is 6.47. The molecule has 0 unspecified atom stereocenters. The molecule has 0 radical (unpaired) electrons. The van der Waals surface area contributed by atoms with E-state index in [2.05, 4.69) is 15.6 Å². The molecule has 0 aliphatic heterocycles. The second kappa shape index (κ2) is 12.9. The van der Waals surface area contributed by atoms with Crippen LogP contribution in [0.4, 0.5) is 17.1 Å². The minimum Gasteiger partial charge on any atom is -0.322 e. The van der Waals surface area contributed by atoms with E-state index >= 15 is 0 Å². The summed E-state index contributed by atoms with van der Waals surface area (Å²) in [6, 6.07) is 24.6. The average molecular weight is 620 g/mol. The summed E-state index contributed by atoms with van der Waals surface area (Å²) in [5.41, 5.74) is 5.38. The number of thiazole rings is 1. The number of fused-ring (bicyclic) bond motifs is 1. The number of hydrogen-bond donors (Lipinski definition) is 2. The molecule has 1 heterocycles. The van der Waals surface area contributed by atoms with E-state index in [9.17, 15) is 25.0 Å². The summed E-state index contributed by atoms with van der Waals surface area (Å²) in [4.78, 5) is 41.8. The molecule has 44 heavy (non-hydrogen) atoms. The number of nitrogens with one attached hydrogen (secondary N) is 2. The zero-order chi connectivity index (χ0) is 31.4. The highest BCUT2D eigenvalue weighted by Crippen LogP contribution is 2.40. The predicted molar refractivity (Wildman–Crippen MR) is 174 cm³/mol. The molecule has 1 aromatic heterocycles. The maximum atomic E-state index is 12.8. The lowest BCUT2D eigenvalue weighted by Crippen LogP contribution is -2.13. The molecule has 0 saturated carbocycles. The molecule has 5 aromatic rings. The standard InChI is InChI=1S/C33H25N5O4S2/c1-19-4-7-23(8-5-19)31(39)35-25-9-10-27-30(17-25)44-33(37-27)43-29-11-6-22(16-28(29)38(41)42)15-24(18-34)32(40)36-26-13-20(2)12-21(3)14-26/h4-17H,1-3H3,(H,35,39)(H,36,40)/b24-15+. The molecule has 0 atom stereocenters. The number of nitriles is 1. The molecule has 0 bridgehead atoms. The van der Waals surface area contributed by atoms with Crippen molar-refractivity contribution in [2.24, 2.45) is 0 Å². The number of anilines is 2. The van der Waals surface area contributed by atoms with Crippen molar-refractivity contribution in [3.8, 4) is 6.07 Å². The van der Waals surface area contributed by atoms with Gasteiger partial charge in [0.1, 0.15) is 11.6 Å². The largest absolute Gasteiger partial charge is 0.322 e. The van der Waals surface area contributed by atoms with Gasteiger partial charge in [-0.15, -0.1) is 11.3 Å². The van der Waals surface area contributed by atoms with Crippen molar-refractivity contribution >= 4 is 68.3 Å². The van der Waals surface area contributed by atoms with E-state index in [1.807, 2.05) is 51.1 Å². The molecule has 5 rings (SSSR count). The van der Waals surface area contributed by atoms with Gasteiger partial charge in [-0.1, -0.05) is 41.6 Å². The quantitative estimate of drug-likeness (QED) is 0.0775. The van der Waals surface area contributed by atoms with E-state index in [1.165, 1.54) is 23.5 Å². The third kappa shape index (κ3) is 7.18. The molecule has 0 spiro atoms. The Balaban J connectivity index is 1.34. The highest BCUT2D eigenvalue weighted by molar-refractivity contribution is 8.01. The average Bonchev–Trinajstić information content (AvgIpc) is 3.37. The van der Waals surface area contributed by atoms with Gasteiger partial charge in [-0.3, -0.25) is 19.7 Å². The molecule has 9 nitrogen and oxygen atoms in total. The number of aromatic nitrogens is 1. The van der Waals surface area contributed by atoms with Crippen molar-refractivity contribution in [1.29, 1.82) is 5.26 Å². The first-order valence-corrected chi connectivity index (χ1v) is 15.0. The molecule has 0 aliphatic carbocycles. The number of carbonyl (C=O) groups is 2. The predicted octanol–water partition coefficient (Wildman–Crippen LogP) is 8.08. The molecule has 0 fully saturated rings. The summed E-state index contributed by atoms with van der Waals surface area (Å²) < 4.78 is 1.39. The smallest absolute Gasteiger partial charge is 0.283 e. The third-order valence-corrected chi connectivity index (χ3v) is 8.62. The van der Waals surface area contributed by atoms with Crippen LogP contribution in [-0.4, -0.2) is 21.7 Å². The van der Waals surface area contributed by atoms with Crippen LogP contribution < -0.4 is 10.6 Å². The minimum absolute atomic E-state index is 0.180. The number of rotatable bonds is 8. The molecular formula is C33H25N5O4S2. The first kappa shape index (κ1) is 30.2. The van der Waals surface area contributed by atoms with Crippen LogP contribution in [0.25, 0.3) is 16.3 Å². The first-order chi connectivity index (χ1) is 21.1. The van der Waals surface area contributed by atoms with Crippen LogP contribution in [0.3, 0.4) is 0 Å². The number of benzene rings is 4. The molecule has 2 N–H and O–H groups in total. The second-order valence-electron chi connectivity index (χ2n) is 10.1. The molecule has 11 heteroatoms. The van der Waals surface area contributed by atoms with E-state index in [-0.39, 0.29) is 17.2 Å². The van der Waals surface area contributed by atoms with Gasteiger partial charge in [0.25, 0.3) is 17.5 Å². The van der Waals surface area contributed by atoms with Crippen LogP contribution >= 0.6 is 23.1 Å². The molecule has 0 aliphatic rings. The van der Waals surface area contributed by atoms with Gasteiger partial charge < -0.3 is 10.6 Å². The number of aryl methyl sites for hydroxylation is 3. The Morgan fingerprint density at radius 2 is 1.64 bits per heavy atom. The Morgan fingerprint density at radius 1 is 0.909 bits per heavy atom. The van der Waals surface area contributed by atoms with Gasteiger partial charge in [-0.25, -0.2) is 4.98 Å². The fourth-order valence-corrected chi connectivity index (χ4v) is 6.59. The van der Waals surface area contributed by atoms with Crippen molar-refractivity contribution < 1.29 is 14.5 Å². The van der Waals surface area contributed by atoms with Crippen LogP contribution in [0.1, 0.15) is 32.6 Å². The fourth-order valence-electron chi connectivity index (χ4n) is 4.44. The summed E-state index contributed by atoms with van der Waals surface area (Å²) in [5.74, 6) is -0.835. The Labute approximate surface area is 261 Å². The zero-order valence-electron chi connectivity index (χ0n) is 23.9. The Bertz CT molecular complexity index is 1990. The van der Waals surface area contributed by atoms with Gasteiger partial charge in [0.2, 0.25) is 0 Å². The van der Waals surface area contributed by atoms with Crippen LogP contribution in [0.15, 0.2) is 93.7 Å². The van der Waals surface area contributed by atoms with Crippen molar-refractivity contribution in [1.82, 2.24) is 4.98 Å². The van der Waals surface area contributed by atoms with E-state index < -0.39 is 10.8 Å². The Kier molecular flexibility index (Phi) is 8.85. The van der Waals surface area contributed by atoms with Gasteiger partial charge in [0, 0.05) is 23.0 Å². The molecule has 0 saturated heterocycles. The number of carbonyl (C=O) groups excluding carboxylic acids is 2. The van der Waals surface area contributed by atoms with Crippen LogP contribution in [-0.2, 0) is 4.79 Å². The van der Waals surface area contributed by atoms with E-state index in [1.54, 1.807) is 48.5 Å². The molecule has 218 valence electrons. The maximum Gasteiger partial charge on any atom is 0.283 e. The van der Waals surface area contributed by atoms with E-state index in [0.717, 1.165) is 33.2 Å². The second-order valence-corrected chi connectivity index (χ2v) is 12.4. The van der Waals surface area contributed by atoms with Crippen molar-refractivity contribution in [3.05, 3.63) is 122 Å². The molecule has 4 aromatic carbocycles. The van der Waals surface area contributed by atoms with Gasteiger partial charge in [-0.05, 0) is 92.1 Å². The van der Waals surface area contributed by atoms with E-state index in [0.29, 0.717) is 37.3 Å². The fraction of sp³-hybridized carbons (Fsp3) is 0.0909. The van der Waals surface area contributed by atoms with Gasteiger partial charge in [0.05, 0.1) is 20.0 Å². The first-order valence-electron chi connectivity index (χ1n) is 13.3. The highest BCUT2D eigenvalue weighted by atomic mass is 32.2. The van der Waals surface area contributed by atoms with Crippen molar-refractivity contribution in [2.45, 2.75) is 30.0 Å². The van der Waals surface area contributed by atoms with Crippen molar-refractivity contribution in [2.75, 3.05) is 10.6 Å². The lowest BCUT2D eigenvalue weighted by atomic mass is 10.1. The molecule has 2 amide bonds. The number of nitrogens with zero attached hydrogens (tertiary/aromatic N) is 3. The number of nitro benzene ring substituents is 1. The summed E-state index contributed by atoms with van der Waals surface area (Å²) in [6.07, 6.45) is 1.32. The van der Waals surface area contributed by atoms with Gasteiger partial charge in [0.15, 0.2) is 4.34 Å². The zero-order valence-corrected chi connectivity index (χ0v) is 25.5. The van der Waals surface area contributed by atoms with Gasteiger partial charge in [-0.2, -0.15) is 5.26 Å². The van der Waals surface area contributed by atoms with Crippen LogP contribution in [0, 0.1) is 42.2 Å². The summed E-state index contributed by atoms with van der Waals surface area (Å²) in [7, 11) is 0. The maximum absolute atomic E-state index is 12.8. The lowest BCUT2D eigenvalue weighted by Gasteiger charge is -2.07. The van der Waals surface area contributed by atoms with E-state index in [4.69, 9.17) is 0 Å². The Morgan fingerprint density at radius 3 is 2.32 bits per heavy atom. The Hall–Kier alpha value is -5.31. The van der Waals surface area contributed by atoms with Crippen LogP contribution in [0.2, 0.25) is 0 Å². The number of nitro groups is 1.